The summed E-state index contributed by atoms with van der Waals surface area (Å²) in [6.07, 6.45) is 8.59. The molecular formula is C15H22O2. The summed E-state index contributed by atoms with van der Waals surface area (Å²) in [7, 11) is 0. The van der Waals surface area contributed by atoms with Gasteiger partial charge < -0.3 is 9.47 Å². The van der Waals surface area contributed by atoms with Gasteiger partial charge in [-0.05, 0) is 50.9 Å². The lowest BCUT2D eigenvalue weighted by Crippen LogP contribution is -2.42. The Balaban J connectivity index is 1.57. The summed E-state index contributed by atoms with van der Waals surface area (Å²) in [6, 6.07) is 0. The van der Waals surface area contributed by atoms with Gasteiger partial charge in [-0.2, -0.15) is 0 Å². The van der Waals surface area contributed by atoms with Gasteiger partial charge in [-0.15, -0.1) is 0 Å². The van der Waals surface area contributed by atoms with Gasteiger partial charge in [0.1, 0.15) is 0 Å². The fourth-order valence-electron chi connectivity index (χ4n) is 4.75. The highest BCUT2D eigenvalue weighted by Gasteiger charge is 2.63. The molecule has 0 amide bonds. The molecule has 4 rings (SSSR count). The van der Waals surface area contributed by atoms with Crippen LogP contribution in [0.1, 0.15) is 33.6 Å². The van der Waals surface area contributed by atoms with Gasteiger partial charge in [0.15, 0.2) is 0 Å². The molecule has 7 atom stereocenters. The summed E-state index contributed by atoms with van der Waals surface area (Å²) in [5.74, 6) is 3.17. The summed E-state index contributed by atoms with van der Waals surface area (Å²) >= 11 is 0. The van der Waals surface area contributed by atoms with E-state index in [-0.39, 0.29) is 5.60 Å². The van der Waals surface area contributed by atoms with Crippen molar-refractivity contribution in [1.29, 1.82) is 0 Å². The summed E-state index contributed by atoms with van der Waals surface area (Å²) in [4.78, 5) is 0. The Bertz CT molecular complexity index is 368. The molecule has 0 spiro atoms. The third kappa shape index (κ3) is 1.40. The fourth-order valence-corrected chi connectivity index (χ4v) is 4.75. The molecule has 0 aromatic carbocycles. The number of hydrogen-bond donors (Lipinski definition) is 0. The van der Waals surface area contributed by atoms with Gasteiger partial charge in [-0.3, -0.25) is 0 Å². The molecule has 0 N–H and O–H groups in total. The molecule has 2 saturated heterocycles. The van der Waals surface area contributed by atoms with E-state index in [4.69, 9.17) is 9.47 Å². The lowest BCUT2D eigenvalue weighted by molar-refractivity contribution is -0.0977. The number of hydrogen-bond acceptors (Lipinski definition) is 2. The molecule has 0 aromatic heterocycles. The molecule has 1 saturated carbocycles. The Morgan fingerprint density at radius 2 is 1.76 bits per heavy atom. The molecule has 4 aliphatic rings. The van der Waals surface area contributed by atoms with E-state index in [0.717, 1.165) is 30.1 Å². The highest BCUT2D eigenvalue weighted by Crippen LogP contribution is 2.60. The second-order valence-electron chi connectivity index (χ2n) is 7.25. The summed E-state index contributed by atoms with van der Waals surface area (Å²) in [6.45, 7) is 6.45. The van der Waals surface area contributed by atoms with Crippen LogP contribution in [-0.4, -0.2) is 23.9 Å². The first-order valence-corrected chi connectivity index (χ1v) is 7.04. The van der Waals surface area contributed by atoms with Crippen LogP contribution in [0, 0.1) is 23.7 Å². The Hall–Kier alpha value is -0.340. The van der Waals surface area contributed by atoms with Crippen molar-refractivity contribution < 1.29 is 9.47 Å². The van der Waals surface area contributed by atoms with Crippen LogP contribution in [0.25, 0.3) is 0 Å². The standard InChI is InChI=1S/C15H22O2/c1-15(2,3)17-11-7-10-12-8-4-5-9(6-8)13(12)14(11)16-10/h4-5,8-14H,6-7H2,1-3H3. The van der Waals surface area contributed by atoms with Crippen molar-refractivity contribution in [2.24, 2.45) is 23.7 Å². The van der Waals surface area contributed by atoms with E-state index in [1.54, 1.807) is 0 Å². The molecule has 94 valence electrons. The minimum absolute atomic E-state index is 0.0402. The largest absolute Gasteiger partial charge is 0.372 e. The van der Waals surface area contributed by atoms with Crippen molar-refractivity contribution in [2.45, 2.75) is 57.5 Å². The second-order valence-corrected chi connectivity index (χ2v) is 7.25. The van der Waals surface area contributed by atoms with Crippen molar-refractivity contribution in [1.82, 2.24) is 0 Å². The zero-order valence-corrected chi connectivity index (χ0v) is 10.9. The Labute approximate surface area is 103 Å². The first-order chi connectivity index (χ1) is 8.03. The molecule has 2 aliphatic heterocycles. The van der Waals surface area contributed by atoms with Gasteiger partial charge in [0.2, 0.25) is 0 Å². The molecule has 0 aromatic rings. The maximum Gasteiger partial charge on any atom is 0.0879 e. The lowest BCUT2D eigenvalue weighted by atomic mass is 9.72. The third-order valence-corrected chi connectivity index (χ3v) is 5.06. The number of rotatable bonds is 1. The molecule has 7 unspecified atom stereocenters. The Morgan fingerprint density at radius 3 is 2.47 bits per heavy atom. The van der Waals surface area contributed by atoms with Gasteiger partial charge in [0, 0.05) is 6.42 Å². The van der Waals surface area contributed by atoms with Crippen LogP contribution in [0.2, 0.25) is 0 Å². The van der Waals surface area contributed by atoms with Gasteiger partial charge in [0.05, 0.1) is 23.9 Å². The van der Waals surface area contributed by atoms with Crippen LogP contribution < -0.4 is 0 Å². The van der Waals surface area contributed by atoms with Crippen LogP contribution in [-0.2, 0) is 9.47 Å². The van der Waals surface area contributed by atoms with Crippen LogP contribution in [0.15, 0.2) is 12.2 Å². The van der Waals surface area contributed by atoms with E-state index in [1.165, 1.54) is 6.42 Å². The van der Waals surface area contributed by atoms with Crippen molar-refractivity contribution in [2.75, 3.05) is 0 Å². The maximum atomic E-state index is 6.21. The zero-order chi connectivity index (χ0) is 11.8. The molecular weight excluding hydrogens is 212 g/mol. The molecule has 2 heterocycles. The van der Waals surface area contributed by atoms with E-state index >= 15 is 0 Å². The highest BCUT2D eigenvalue weighted by molar-refractivity contribution is 5.21. The predicted octanol–water partition coefficient (Wildman–Crippen LogP) is 2.78. The van der Waals surface area contributed by atoms with E-state index in [9.17, 15) is 0 Å². The lowest BCUT2D eigenvalue weighted by Gasteiger charge is -2.36. The average Bonchev–Trinajstić information content (AvgIpc) is 2.91. The van der Waals surface area contributed by atoms with Crippen LogP contribution in [0.5, 0.6) is 0 Å². The van der Waals surface area contributed by atoms with Crippen LogP contribution in [0.3, 0.4) is 0 Å². The SMILES string of the molecule is CC(C)(C)OC1CC2OC1C1C3C=CC(C3)C21. The topological polar surface area (TPSA) is 18.5 Å². The molecule has 17 heavy (non-hydrogen) atoms. The predicted molar refractivity (Wildman–Crippen MR) is 65.6 cm³/mol. The van der Waals surface area contributed by atoms with Crippen LogP contribution >= 0.6 is 0 Å². The van der Waals surface area contributed by atoms with Crippen molar-refractivity contribution in [3.8, 4) is 0 Å². The van der Waals surface area contributed by atoms with Crippen LogP contribution in [0.4, 0.5) is 0 Å². The first kappa shape index (κ1) is 10.6. The smallest absolute Gasteiger partial charge is 0.0879 e. The minimum atomic E-state index is -0.0402. The number of allylic oxidation sites excluding steroid dienone is 2. The van der Waals surface area contributed by atoms with Gasteiger partial charge in [-0.25, -0.2) is 0 Å². The zero-order valence-electron chi connectivity index (χ0n) is 10.9. The normalized spacial score (nSPS) is 54.6. The third-order valence-electron chi connectivity index (χ3n) is 5.06. The molecule has 4 bridgehead atoms. The first-order valence-electron chi connectivity index (χ1n) is 7.04. The van der Waals surface area contributed by atoms with Gasteiger partial charge in [-0.1, -0.05) is 12.2 Å². The van der Waals surface area contributed by atoms with Crippen molar-refractivity contribution in [3.63, 3.8) is 0 Å². The number of fused-ring (bicyclic) bond motifs is 9. The van der Waals surface area contributed by atoms with E-state index in [0.29, 0.717) is 18.3 Å². The number of ether oxygens (including phenoxy) is 2. The van der Waals surface area contributed by atoms with Gasteiger partial charge >= 0.3 is 0 Å². The molecule has 0 radical (unpaired) electrons. The fraction of sp³-hybridized carbons (Fsp3) is 0.867. The average molecular weight is 234 g/mol. The van der Waals surface area contributed by atoms with Crippen molar-refractivity contribution in [3.05, 3.63) is 12.2 Å². The second kappa shape index (κ2) is 3.16. The van der Waals surface area contributed by atoms with Gasteiger partial charge in [0.25, 0.3) is 0 Å². The quantitative estimate of drug-likeness (QED) is 0.650. The van der Waals surface area contributed by atoms with E-state index in [1.807, 2.05) is 0 Å². The monoisotopic (exact) mass is 234 g/mol. The highest BCUT2D eigenvalue weighted by atomic mass is 16.6. The van der Waals surface area contributed by atoms with E-state index in [2.05, 4.69) is 32.9 Å². The maximum absolute atomic E-state index is 6.21. The van der Waals surface area contributed by atoms with Crippen molar-refractivity contribution >= 4 is 0 Å². The Morgan fingerprint density at radius 1 is 1.06 bits per heavy atom. The van der Waals surface area contributed by atoms with E-state index < -0.39 is 0 Å². The molecule has 3 fully saturated rings. The summed E-state index contributed by atoms with van der Waals surface area (Å²) in [5, 5.41) is 0. The Kier molecular flexibility index (Phi) is 1.96. The molecule has 2 nitrogen and oxygen atoms in total. The minimum Gasteiger partial charge on any atom is -0.372 e. The summed E-state index contributed by atoms with van der Waals surface area (Å²) < 4.78 is 12.4. The summed E-state index contributed by atoms with van der Waals surface area (Å²) in [5.41, 5.74) is -0.0402. The molecule has 2 aliphatic carbocycles. The molecule has 2 heteroatoms.